The Labute approximate surface area is 190 Å². The van der Waals surface area contributed by atoms with Gasteiger partial charge in [0.2, 0.25) is 0 Å². The summed E-state index contributed by atoms with van der Waals surface area (Å²) in [4.78, 5) is 17.6. The van der Waals surface area contributed by atoms with Gasteiger partial charge in [0.15, 0.2) is 5.13 Å². The number of thiazole rings is 1. The molecular weight excluding hydrogens is 439 g/mol. The van der Waals surface area contributed by atoms with Crippen LogP contribution in [0.25, 0.3) is 11.3 Å². The molecule has 3 aromatic rings. The molecule has 7 heteroatoms. The molecule has 2 aromatic carbocycles. The zero-order valence-corrected chi connectivity index (χ0v) is 19.2. The minimum Gasteiger partial charge on any atom is -0.481 e. The van der Waals surface area contributed by atoms with E-state index in [9.17, 15) is 9.90 Å². The third-order valence-electron chi connectivity index (χ3n) is 4.84. The largest absolute Gasteiger partial charge is 0.481 e. The average Bonchev–Trinajstić information content (AvgIpc) is 3.15. The van der Waals surface area contributed by atoms with E-state index in [4.69, 9.17) is 28.2 Å². The van der Waals surface area contributed by atoms with Crippen LogP contribution >= 0.6 is 34.5 Å². The molecule has 158 valence electrons. The van der Waals surface area contributed by atoms with Crippen LogP contribution < -0.4 is 5.32 Å². The van der Waals surface area contributed by atoms with Crippen LogP contribution in [0.2, 0.25) is 10.0 Å². The maximum Gasteiger partial charge on any atom is 0.308 e. The number of benzene rings is 2. The molecule has 0 aliphatic carbocycles. The van der Waals surface area contributed by atoms with Crippen molar-refractivity contribution in [3.8, 4) is 11.3 Å². The van der Waals surface area contributed by atoms with E-state index in [0.29, 0.717) is 28.1 Å². The predicted octanol–water partition coefficient (Wildman–Crippen LogP) is 6.99. The van der Waals surface area contributed by atoms with Crippen molar-refractivity contribution in [3.63, 3.8) is 0 Å². The smallest absolute Gasteiger partial charge is 0.308 e. The number of rotatable bonds is 9. The first-order valence-corrected chi connectivity index (χ1v) is 11.4. The highest BCUT2D eigenvalue weighted by molar-refractivity contribution is 7.16. The van der Waals surface area contributed by atoms with Crippen LogP contribution in [0.5, 0.6) is 0 Å². The number of anilines is 1. The lowest BCUT2D eigenvalue weighted by atomic mass is 9.99. The third kappa shape index (κ3) is 5.75. The zero-order valence-electron chi connectivity index (χ0n) is 16.9. The van der Waals surface area contributed by atoms with Gasteiger partial charge in [0.25, 0.3) is 0 Å². The molecule has 0 saturated carbocycles. The fourth-order valence-electron chi connectivity index (χ4n) is 3.16. The minimum absolute atomic E-state index is 0.274. The average molecular weight is 463 g/mol. The summed E-state index contributed by atoms with van der Waals surface area (Å²) >= 11 is 13.8. The lowest BCUT2D eigenvalue weighted by molar-refractivity contribution is -0.141. The van der Waals surface area contributed by atoms with E-state index < -0.39 is 11.9 Å². The minimum atomic E-state index is -0.802. The first-order valence-electron chi connectivity index (χ1n) is 9.82. The van der Waals surface area contributed by atoms with Gasteiger partial charge in [-0.2, -0.15) is 0 Å². The Kier molecular flexibility index (Phi) is 7.75. The van der Waals surface area contributed by atoms with Crippen molar-refractivity contribution >= 4 is 45.6 Å². The molecule has 1 atom stereocenters. The number of hydrogen-bond acceptors (Lipinski definition) is 4. The van der Waals surface area contributed by atoms with Crippen LogP contribution in [0.1, 0.15) is 36.6 Å². The number of aryl methyl sites for hydroxylation is 1. The van der Waals surface area contributed by atoms with Gasteiger partial charge in [0.05, 0.1) is 21.7 Å². The molecule has 0 aliphatic rings. The number of carboxylic acid groups (broad SMARTS) is 1. The second-order valence-electron chi connectivity index (χ2n) is 7.46. The number of carboxylic acids is 1. The molecule has 0 saturated heterocycles. The predicted molar refractivity (Wildman–Crippen MR) is 126 cm³/mol. The van der Waals surface area contributed by atoms with Crippen LogP contribution in [0, 0.1) is 5.92 Å². The van der Waals surface area contributed by atoms with E-state index in [1.54, 1.807) is 17.4 Å². The third-order valence-corrected chi connectivity index (χ3v) is 6.90. The van der Waals surface area contributed by atoms with Gasteiger partial charge in [-0.3, -0.25) is 4.79 Å². The zero-order chi connectivity index (χ0) is 21.7. The molecule has 1 heterocycles. The van der Waals surface area contributed by atoms with E-state index in [0.717, 1.165) is 28.1 Å². The molecule has 3 rings (SSSR count). The SMILES string of the molecule is CC(C)c1sc(NCC(CCc2ccccc2)C(=O)O)nc1-c1ccc(Cl)c(Cl)c1. The van der Waals surface area contributed by atoms with E-state index >= 15 is 0 Å². The van der Waals surface area contributed by atoms with Crippen molar-refractivity contribution in [1.82, 2.24) is 4.98 Å². The molecule has 0 aliphatic heterocycles. The van der Waals surface area contributed by atoms with Gasteiger partial charge in [-0.25, -0.2) is 4.98 Å². The molecule has 2 N–H and O–H groups in total. The highest BCUT2D eigenvalue weighted by atomic mass is 35.5. The summed E-state index contributed by atoms with van der Waals surface area (Å²) in [5, 5.41) is 14.6. The lowest BCUT2D eigenvalue weighted by Crippen LogP contribution is -2.23. The monoisotopic (exact) mass is 462 g/mol. The Morgan fingerprint density at radius 3 is 2.50 bits per heavy atom. The van der Waals surface area contributed by atoms with Crippen molar-refractivity contribution in [2.45, 2.75) is 32.6 Å². The molecule has 1 aromatic heterocycles. The molecule has 0 fully saturated rings. The van der Waals surface area contributed by atoms with Gasteiger partial charge in [-0.15, -0.1) is 11.3 Å². The van der Waals surface area contributed by atoms with Gasteiger partial charge in [0, 0.05) is 17.0 Å². The summed E-state index contributed by atoms with van der Waals surface area (Å²) in [5.74, 6) is -1.02. The molecule has 30 heavy (non-hydrogen) atoms. The Morgan fingerprint density at radius 2 is 1.87 bits per heavy atom. The number of nitrogens with one attached hydrogen (secondary N) is 1. The van der Waals surface area contributed by atoms with Crippen LogP contribution in [0.3, 0.4) is 0 Å². The molecule has 1 unspecified atom stereocenters. The molecule has 4 nitrogen and oxygen atoms in total. The summed E-state index contributed by atoms with van der Waals surface area (Å²) in [7, 11) is 0. The van der Waals surface area contributed by atoms with Gasteiger partial charge < -0.3 is 10.4 Å². The number of nitrogens with zero attached hydrogens (tertiary/aromatic N) is 1. The first-order chi connectivity index (χ1) is 14.3. The van der Waals surface area contributed by atoms with E-state index in [1.807, 2.05) is 42.5 Å². The second-order valence-corrected chi connectivity index (χ2v) is 9.30. The summed E-state index contributed by atoms with van der Waals surface area (Å²) in [5.41, 5.74) is 2.89. The number of aromatic nitrogens is 1. The van der Waals surface area contributed by atoms with Crippen LogP contribution in [-0.2, 0) is 11.2 Å². The standard InChI is InChI=1S/C23H24Cl2N2O2S/c1-14(2)21-20(16-10-11-18(24)19(25)12-16)27-23(30-21)26-13-17(22(28)29)9-8-15-6-4-3-5-7-15/h3-7,10-12,14,17H,8-9,13H2,1-2H3,(H,26,27)(H,28,29). The maximum absolute atomic E-state index is 11.7. The molecule has 0 spiro atoms. The Balaban J connectivity index is 1.73. The Morgan fingerprint density at radius 1 is 1.13 bits per heavy atom. The maximum atomic E-state index is 11.7. The van der Waals surface area contributed by atoms with Crippen molar-refractivity contribution < 1.29 is 9.90 Å². The summed E-state index contributed by atoms with van der Waals surface area (Å²) in [6.45, 7) is 4.55. The highest BCUT2D eigenvalue weighted by Crippen LogP contribution is 2.38. The van der Waals surface area contributed by atoms with E-state index in [2.05, 4.69) is 19.2 Å². The fraction of sp³-hybridized carbons (Fsp3) is 0.304. The van der Waals surface area contributed by atoms with Crippen molar-refractivity contribution in [3.05, 3.63) is 69.0 Å². The van der Waals surface area contributed by atoms with E-state index in [-0.39, 0.29) is 5.92 Å². The topological polar surface area (TPSA) is 62.2 Å². The number of aliphatic carboxylic acids is 1. The molecule has 0 radical (unpaired) electrons. The normalized spacial score (nSPS) is 12.2. The highest BCUT2D eigenvalue weighted by Gasteiger charge is 2.20. The summed E-state index contributed by atoms with van der Waals surface area (Å²) in [6, 6.07) is 15.4. The van der Waals surface area contributed by atoms with Crippen LogP contribution in [-0.4, -0.2) is 22.6 Å². The van der Waals surface area contributed by atoms with Gasteiger partial charge in [0.1, 0.15) is 0 Å². The summed E-state index contributed by atoms with van der Waals surface area (Å²) < 4.78 is 0. The van der Waals surface area contributed by atoms with Crippen LogP contribution in [0.4, 0.5) is 5.13 Å². The number of hydrogen-bond donors (Lipinski definition) is 2. The van der Waals surface area contributed by atoms with E-state index in [1.165, 1.54) is 0 Å². The van der Waals surface area contributed by atoms with Crippen molar-refractivity contribution in [2.24, 2.45) is 5.92 Å². The Bertz CT molecular complexity index is 1010. The van der Waals surface area contributed by atoms with Crippen molar-refractivity contribution in [2.75, 3.05) is 11.9 Å². The first kappa shape index (κ1) is 22.6. The van der Waals surface area contributed by atoms with Gasteiger partial charge in [-0.1, -0.05) is 73.4 Å². The number of halogens is 2. The van der Waals surface area contributed by atoms with Crippen molar-refractivity contribution in [1.29, 1.82) is 0 Å². The van der Waals surface area contributed by atoms with Crippen LogP contribution in [0.15, 0.2) is 48.5 Å². The number of carbonyl (C=O) groups is 1. The fourth-order valence-corrected chi connectivity index (χ4v) is 4.45. The lowest BCUT2D eigenvalue weighted by Gasteiger charge is -2.12. The van der Waals surface area contributed by atoms with Gasteiger partial charge in [-0.05, 0) is 36.5 Å². The summed E-state index contributed by atoms with van der Waals surface area (Å²) in [6.07, 6.45) is 1.29. The van der Waals surface area contributed by atoms with Gasteiger partial charge >= 0.3 is 5.97 Å². The molecule has 0 amide bonds. The molecular formula is C23H24Cl2N2O2S. The Hall–Kier alpha value is -2.08. The second kappa shape index (κ2) is 10.3. The quantitative estimate of drug-likeness (QED) is 0.359. The molecule has 0 bridgehead atoms.